The van der Waals surface area contributed by atoms with Gasteiger partial charge in [0, 0.05) is 18.1 Å². The number of likely N-dealkylation sites (tertiary alicyclic amines) is 1. The van der Waals surface area contributed by atoms with Crippen molar-refractivity contribution < 1.29 is 19.4 Å². The number of nitrogens with zero attached hydrogens (tertiary/aromatic N) is 1. The number of hydrogen-bond acceptors (Lipinski definition) is 3. The summed E-state index contributed by atoms with van der Waals surface area (Å²) in [4.78, 5) is 24.6. The van der Waals surface area contributed by atoms with Crippen LogP contribution in [0, 0.1) is 12.8 Å². The van der Waals surface area contributed by atoms with Crippen LogP contribution in [0.2, 0.25) is 5.02 Å². The van der Waals surface area contributed by atoms with Gasteiger partial charge in [-0.25, -0.2) is 0 Å². The molecule has 5 nitrogen and oxygen atoms in total. The van der Waals surface area contributed by atoms with E-state index in [1.54, 1.807) is 17.0 Å². The van der Waals surface area contributed by atoms with Crippen LogP contribution in [-0.4, -0.2) is 41.6 Å². The predicted molar refractivity (Wildman–Crippen MR) is 78.6 cm³/mol. The van der Waals surface area contributed by atoms with Gasteiger partial charge in [0.25, 0.3) is 5.91 Å². The van der Waals surface area contributed by atoms with E-state index in [0.717, 1.165) is 5.56 Å². The number of aryl methyl sites for hydroxylation is 1. The average Bonchev–Trinajstić information content (AvgIpc) is 2.48. The Morgan fingerprint density at radius 2 is 2.05 bits per heavy atom. The van der Waals surface area contributed by atoms with Gasteiger partial charge in [0.1, 0.15) is 5.75 Å². The predicted octanol–water partition coefficient (Wildman–Crippen LogP) is 2.35. The lowest BCUT2D eigenvalue weighted by Crippen LogP contribution is -2.42. The van der Waals surface area contributed by atoms with Crippen LogP contribution in [0.5, 0.6) is 5.75 Å². The molecule has 1 aromatic carbocycles. The molecule has 0 spiro atoms. The summed E-state index contributed by atoms with van der Waals surface area (Å²) in [5.74, 6) is -0.660. The molecule has 1 aliphatic rings. The summed E-state index contributed by atoms with van der Waals surface area (Å²) in [6, 6.07) is 5.28. The molecule has 1 heterocycles. The number of carboxylic acids is 1. The van der Waals surface area contributed by atoms with Gasteiger partial charge in [-0.2, -0.15) is 0 Å². The summed E-state index contributed by atoms with van der Waals surface area (Å²) in [5, 5.41) is 9.49. The fourth-order valence-electron chi connectivity index (χ4n) is 2.34. The molecular formula is C15H18ClNO4. The maximum absolute atomic E-state index is 12.1. The molecular weight excluding hydrogens is 294 g/mol. The van der Waals surface area contributed by atoms with Crippen LogP contribution in [0.4, 0.5) is 0 Å². The zero-order valence-electron chi connectivity index (χ0n) is 11.8. The monoisotopic (exact) mass is 311 g/mol. The van der Waals surface area contributed by atoms with Crippen LogP contribution in [0.15, 0.2) is 18.2 Å². The van der Waals surface area contributed by atoms with Gasteiger partial charge < -0.3 is 14.7 Å². The summed E-state index contributed by atoms with van der Waals surface area (Å²) in [5.41, 5.74) is 0.914. The Kier molecular flexibility index (Phi) is 5.07. The molecule has 1 aliphatic heterocycles. The normalized spacial score (nSPS) is 15.8. The van der Waals surface area contributed by atoms with Crippen LogP contribution in [0.3, 0.4) is 0 Å². The number of ether oxygens (including phenoxy) is 1. The molecule has 1 amide bonds. The van der Waals surface area contributed by atoms with Gasteiger partial charge in [-0.3, -0.25) is 9.59 Å². The highest BCUT2D eigenvalue weighted by molar-refractivity contribution is 6.30. The van der Waals surface area contributed by atoms with Gasteiger partial charge in [0.05, 0.1) is 5.92 Å². The molecule has 6 heteroatoms. The minimum atomic E-state index is -0.784. The van der Waals surface area contributed by atoms with Gasteiger partial charge in [0.15, 0.2) is 6.61 Å². The number of rotatable bonds is 4. The fraction of sp³-hybridized carbons (Fsp3) is 0.467. The Morgan fingerprint density at radius 3 is 2.67 bits per heavy atom. The molecule has 0 atom stereocenters. The van der Waals surface area contributed by atoms with E-state index in [-0.39, 0.29) is 18.4 Å². The third-order valence-corrected chi connectivity index (χ3v) is 3.93. The molecule has 1 saturated heterocycles. The Bertz CT molecular complexity index is 538. The van der Waals surface area contributed by atoms with Gasteiger partial charge in [-0.05, 0) is 37.5 Å². The number of benzene rings is 1. The van der Waals surface area contributed by atoms with Crippen molar-refractivity contribution >= 4 is 23.5 Å². The molecule has 0 unspecified atom stereocenters. The van der Waals surface area contributed by atoms with Crippen molar-refractivity contribution in [2.45, 2.75) is 19.8 Å². The number of halogens is 1. The van der Waals surface area contributed by atoms with E-state index >= 15 is 0 Å². The van der Waals surface area contributed by atoms with Crippen LogP contribution >= 0.6 is 11.6 Å². The molecule has 21 heavy (non-hydrogen) atoms. The second-order valence-corrected chi connectivity index (χ2v) is 5.63. The molecule has 1 aromatic rings. The number of amides is 1. The molecule has 0 saturated carbocycles. The molecule has 1 fully saturated rings. The van der Waals surface area contributed by atoms with Crippen molar-refractivity contribution in [1.82, 2.24) is 4.90 Å². The second-order valence-electron chi connectivity index (χ2n) is 5.19. The average molecular weight is 312 g/mol. The highest BCUT2D eigenvalue weighted by atomic mass is 35.5. The number of carbonyl (C=O) groups is 2. The highest BCUT2D eigenvalue weighted by Gasteiger charge is 2.27. The molecule has 0 radical (unpaired) electrons. The van der Waals surface area contributed by atoms with Crippen molar-refractivity contribution in [3.63, 3.8) is 0 Å². The minimum Gasteiger partial charge on any atom is -0.483 e. The largest absolute Gasteiger partial charge is 0.483 e. The lowest BCUT2D eigenvalue weighted by Gasteiger charge is -2.30. The first-order valence-electron chi connectivity index (χ1n) is 6.87. The van der Waals surface area contributed by atoms with Gasteiger partial charge in [-0.1, -0.05) is 17.7 Å². The van der Waals surface area contributed by atoms with E-state index in [0.29, 0.717) is 36.7 Å². The number of carboxylic acid groups (broad SMARTS) is 1. The van der Waals surface area contributed by atoms with Gasteiger partial charge in [0.2, 0.25) is 0 Å². The molecule has 0 bridgehead atoms. The topological polar surface area (TPSA) is 66.8 Å². The first kappa shape index (κ1) is 15.6. The van der Waals surface area contributed by atoms with Crippen LogP contribution < -0.4 is 4.74 Å². The third-order valence-electron chi connectivity index (χ3n) is 3.70. The molecule has 1 N–H and O–H groups in total. The Balaban J connectivity index is 1.85. The molecule has 2 rings (SSSR count). The summed E-state index contributed by atoms with van der Waals surface area (Å²) in [7, 11) is 0. The smallest absolute Gasteiger partial charge is 0.306 e. The lowest BCUT2D eigenvalue weighted by molar-refractivity contribution is -0.146. The molecule has 0 aliphatic carbocycles. The quantitative estimate of drug-likeness (QED) is 0.927. The Hall–Kier alpha value is -1.75. The van der Waals surface area contributed by atoms with Gasteiger partial charge >= 0.3 is 5.97 Å². The second kappa shape index (κ2) is 6.80. The summed E-state index contributed by atoms with van der Waals surface area (Å²) < 4.78 is 5.51. The van der Waals surface area contributed by atoms with E-state index in [9.17, 15) is 9.59 Å². The first-order chi connectivity index (χ1) is 9.97. The first-order valence-corrected chi connectivity index (χ1v) is 7.24. The SMILES string of the molecule is Cc1ccc(Cl)cc1OCC(=O)N1CCC(C(=O)O)CC1. The summed E-state index contributed by atoms with van der Waals surface area (Å²) in [6.07, 6.45) is 0.995. The number of hydrogen-bond donors (Lipinski definition) is 1. The molecule has 0 aromatic heterocycles. The van der Waals surface area contributed by atoms with Crippen molar-refractivity contribution in [1.29, 1.82) is 0 Å². The van der Waals surface area contributed by atoms with E-state index in [1.165, 1.54) is 0 Å². The van der Waals surface area contributed by atoms with E-state index < -0.39 is 5.97 Å². The Labute approximate surface area is 128 Å². The van der Waals surface area contributed by atoms with Crippen LogP contribution in [-0.2, 0) is 9.59 Å². The fourth-order valence-corrected chi connectivity index (χ4v) is 2.50. The Morgan fingerprint density at radius 1 is 1.38 bits per heavy atom. The van der Waals surface area contributed by atoms with E-state index in [1.807, 2.05) is 13.0 Å². The minimum absolute atomic E-state index is 0.0566. The standard InChI is InChI=1S/C15H18ClNO4/c1-10-2-3-12(16)8-13(10)21-9-14(18)17-6-4-11(5-7-17)15(19)20/h2-3,8,11H,4-7,9H2,1H3,(H,19,20). The van der Waals surface area contributed by atoms with Crippen molar-refractivity contribution in [2.24, 2.45) is 5.92 Å². The molecule has 114 valence electrons. The van der Waals surface area contributed by atoms with Crippen molar-refractivity contribution in [3.8, 4) is 5.75 Å². The summed E-state index contributed by atoms with van der Waals surface area (Å²) >= 11 is 5.90. The highest BCUT2D eigenvalue weighted by Crippen LogP contribution is 2.23. The van der Waals surface area contributed by atoms with Crippen LogP contribution in [0.25, 0.3) is 0 Å². The zero-order chi connectivity index (χ0) is 15.4. The number of piperidine rings is 1. The maximum atomic E-state index is 12.1. The van der Waals surface area contributed by atoms with Crippen molar-refractivity contribution in [3.05, 3.63) is 28.8 Å². The number of carbonyl (C=O) groups excluding carboxylic acids is 1. The van der Waals surface area contributed by atoms with Gasteiger partial charge in [-0.15, -0.1) is 0 Å². The van der Waals surface area contributed by atoms with Crippen LogP contribution in [0.1, 0.15) is 18.4 Å². The van der Waals surface area contributed by atoms with E-state index in [2.05, 4.69) is 0 Å². The zero-order valence-corrected chi connectivity index (χ0v) is 12.6. The maximum Gasteiger partial charge on any atom is 0.306 e. The van der Waals surface area contributed by atoms with Crippen molar-refractivity contribution in [2.75, 3.05) is 19.7 Å². The number of aliphatic carboxylic acids is 1. The third kappa shape index (κ3) is 4.11. The van der Waals surface area contributed by atoms with E-state index in [4.69, 9.17) is 21.4 Å². The summed E-state index contributed by atoms with van der Waals surface area (Å²) in [6.45, 7) is 2.76. The lowest BCUT2D eigenvalue weighted by atomic mass is 9.97.